The minimum Gasteiger partial charge on any atom is -0.472 e. The number of imide groups is 1. The van der Waals surface area contributed by atoms with Gasteiger partial charge >= 0.3 is 0 Å². The summed E-state index contributed by atoms with van der Waals surface area (Å²) in [4.78, 5) is 39.8. The average Bonchev–Trinajstić information content (AvgIpc) is 3.03. The summed E-state index contributed by atoms with van der Waals surface area (Å²) in [6.07, 6.45) is 5.26. The van der Waals surface area contributed by atoms with Crippen LogP contribution in [0.5, 0.6) is 0 Å². The number of carbonyl (C=O) groups excluding carboxylic acids is 3. The minimum absolute atomic E-state index is 0.0329. The summed E-state index contributed by atoms with van der Waals surface area (Å²) in [7, 11) is 0. The molecule has 122 valence electrons. The molecule has 4 unspecified atom stereocenters. The van der Waals surface area contributed by atoms with Crippen LogP contribution in [0.2, 0.25) is 0 Å². The van der Waals surface area contributed by atoms with Gasteiger partial charge in [-0.3, -0.25) is 14.4 Å². The summed E-state index contributed by atoms with van der Waals surface area (Å²) in [5.41, 5.74) is 3.26. The Morgan fingerprint density at radius 3 is 2.71 bits per heavy atom. The molecule has 2 heterocycles. The van der Waals surface area contributed by atoms with E-state index in [2.05, 4.69) is 0 Å². The molecule has 2 amide bonds. The third kappa shape index (κ3) is 1.57. The number of amides is 2. The molecule has 2 bridgehead atoms. The molecule has 24 heavy (non-hydrogen) atoms. The van der Waals surface area contributed by atoms with Crippen molar-refractivity contribution < 1.29 is 18.8 Å². The standard InChI is InChI=1S/C19H17NO4/c1-9-6-11-8-24-5-4-12(11)17(9)20-18(22)15-10-2-3-13(14(21)7-10)16(15)19(20)23/h4-6,8,10,13,15-16H,2-3,7H2,1H3. The van der Waals surface area contributed by atoms with E-state index in [0.717, 1.165) is 29.5 Å². The van der Waals surface area contributed by atoms with Crippen molar-refractivity contribution in [3.05, 3.63) is 30.2 Å². The zero-order valence-corrected chi connectivity index (χ0v) is 13.3. The van der Waals surface area contributed by atoms with Crippen LogP contribution in [0.1, 0.15) is 24.8 Å². The van der Waals surface area contributed by atoms with Crippen LogP contribution < -0.4 is 4.90 Å². The third-order valence-corrected chi connectivity index (χ3v) is 6.11. The Bertz CT molecular complexity index is 866. The molecule has 5 nitrogen and oxygen atoms in total. The highest BCUT2D eigenvalue weighted by molar-refractivity contribution is 6.25. The van der Waals surface area contributed by atoms with Gasteiger partial charge in [-0.2, -0.15) is 0 Å². The number of aryl methyl sites for hydroxylation is 1. The summed E-state index contributed by atoms with van der Waals surface area (Å²) in [6.45, 7) is 1.90. The normalized spacial score (nSPS) is 32.0. The highest BCUT2D eigenvalue weighted by Crippen LogP contribution is 2.53. The molecule has 1 saturated heterocycles. The summed E-state index contributed by atoms with van der Waals surface area (Å²) in [5.74, 6) is -1.14. The van der Waals surface area contributed by atoms with Gasteiger partial charge in [0, 0.05) is 23.5 Å². The molecule has 6 aliphatic rings. The SMILES string of the molecule is Cc1cc2coccc-2c1N1C(=O)C2C3CCC(C(=O)C3)C2C1=O. The van der Waals surface area contributed by atoms with Crippen LogP contribution in [0.15, 0.2) is 29.1 Å². The molecule has 0 aromatic rings. The average molecular weight is 323 g/mol. The van der Waals surface area contributed by atoms with E-state index >= 15 is 0 Å². The van der Waals surface area contributed by atoms with Crippen molar-refractivity contribution >= 4 is 23.3 Å². The van der Waals surface area contributed by atoms with E-state index in [1.807, 2.05) is 13.0 Å². The van der Waals surface area contributed by atoms with Gasteiger partial charge in [0.15, 0.2) is 0 Å². The molecule has 0 spiro atoms. The van der Waals surface area contributed by atoms with Crippen molar-refractivity contribution in [2.45, 2.75) is 26.2 Å². The molecule has 0 aromatic heterocycles. The van der Waals surface area contributed by atoms with Gasteiger partial charge in [0.1, 0.15) is 5.78 Å². The second-order valence-corrected chi connectivity index (χ2v) is 7.28. The molecule has 6 rings (SSSR count). The largest absolute Gasteiger partial charge is 0.472 e. The van der Waals surface area contributed by atoms with E-state index < -0.39 is 5.92 Å². The first kappa shape index (κ1) is 14.0. The Morgan fingerprint density at radius 1 is 1.12 bits per heavy atom. The maximum atomic E-state index is 13.1. The van der Waals surface area contributed by atoms with Gasteiger partial charge in [0.05, 0.1) is 30.0 Å². The Kier molecular flexibility index (Phi) is 2.65. The van der Waals surface area contributed by atoms with Gasteiger partial charge in [-0.25, -0.2) is 4.90 Å². The van der Waals surface area contributed by atoms with Gasteiger partial charge in [0.25, 0.3) is 0 Å². The molecule has 2 aliphatic heterocycles. The second-order valence-electron chi connectivity index (χ2n) is 7.28. The van der Waals surface area contributed by atoms with E-state index in [0.29, 0.717) is 12.1 Å². The fourth-order valence-electron chi connectivity index (χ4n) is 5.12. The van der Waals surface area contributed by atoms with Crippen LogP contribution in [-0.2, 0) is 14.4 Å². The number of Topliss-reactive ketones (excluding diaryl/α,β-unsaturated/α-hetero) is 1. The molecular weight excluding hydrogens is 306 g/mol. The molecule has 0 radical (unpaired) electrons. The Labute approximate surface area is 139 Å². The van der Waals surface area contributed by atoms with Crippen LogP contribution >= 0.6 is 0 Å². The number of ketones is 1. The van der Waals surface area contributed by atoms with Crippen LogP contribution in [-0.4, -0.2) is 17.6 Å². The van der Waals surface area contributed by atoms with Crippen molar-refractivity contribution in [2.75, 3.05) is 4.90 Å². The van der Waals surface area contributed by atoms with Gasteiger partial charge in [0.2, 0.25) is 11.8 Å². The predicted molar refractivity (Wildman–Crippen MR) is 85.4 cm³/mol. The fourth-order valence-corrected chi connectivity index (χ4v) is 5.12. The van der Waals surface area contributed by atoms with Crippen molar-refractivity contribution in [2.24, 2.45) is 23.7 Å². The topological polar surface area (TPSA) is 67.6 Å². The van der Waals surface area contributed by atoms with Gasteiger partial charge < -0.3 is 4.42 Å². The first-order valence-electron chi connectivity index (χ1n) is 8.44. The highest BCUT2D eigenvalue weighted by atomic mass is 16.3. The number of carbonyl (C=O) groups is 3. The van der Waals surface area contributed by atoms with Crippen molar-refractivity contribution in [1.29, 1.82) is 0 Å². The molecule has 0 aromatic carbocycles. The molecule has 5 heteroatoms. The highest BCUT2D eigenvalue weighted by Gasteiger charge is 2.61. The number of nitrogens with zero attached hydrogens (tertiary/aromatic N) is 1. The maximum Gasteiger partial charge on any atom is 0.238 e. The third-order valence-electron chi connectivity index (χ3n) is 6.11. The molecule has 4 atom stereocenters. The van der Waals surface area contributed by atoms with Crippen LogP contribution in [0.25, 0.3) is 11.1 Å². The predicted octanol–water partition coefficient (Wildman–Crippen LogP) is 2.80. The number of hydrogen-bond donors (Lipinski definition) is 0. The first-order chi connectivity index (χ1) is 11.6. The fraction of sp³-hybridized carbons (Fsp3) is 0.421. The number of anilines is 1. The van der Waals surface area contributed by atoms with Gasteiger partial charge in [-0.15, -0.1) is 0 Å². The van der Waals surface area contributed by atoms with Gasteiger partial charge in [-0.1, -0.05) is 0 Å². The van der Waals surface area contributed by atoms with Crippen LogP contribution in [0, 0.1) is 30.6 Å². The molecular formula is C19H17NO4. The lowest BCUT2D eigenvalue weighted by atomic mass is 9.59. The lowest BCUT2D eigenvalue weighted by Gasteiger charge is -2.41. The molecule has 3 saturated carbocycles. The minimum atomic E-state index is -0.449. The van der Waals surface area contributed by atoms with E-state index in [9.17, 15) is 14.4 Å². The zero-order valence-electron chi connectivity index (χ0n) is 13.3. The zero-order chi connectivity index (χ0) is 16.6. The monoisotopic (exact) mass is 323 g/mol. The maximum absolute atomic E-state index is 13.1. The quantitative estimate of drug-likeness (QED) is 0.757. The Morgan fingerprint density at radius 2 is 1.92 bits per heavy atom. The van der Waals surface area contributed by atoms with Crippen molar-refractivity contribution in [3.63, 3.8) is 0 Å². The van der Waals surface area contributed by atoms with E-state index in [1.54, 1.807) is 18.6 Å². The summed E-state index contributed by atoms with van der Waals surface area (Å²) in [6, 6.07) is 3.72. The lowest BCUT2D eigenvalue weighted by Crippen LogP contribution is -2.46. The summed E-state index contributed by atoms with van der Waals surface area (Å²) in [5, 5.41) is 0. The van der Waals surface area contributed by atoms with E-state index in [4.69, 9.17) is 4.42 Å². The number of rotatable bonds is 1. The number of hydrogen-bond acceptors (Lipinski definition) is 4. The summed E-state index contributed by atoms with van der Waals surface area (Å²) >= 11 is 0. The Balaban J connectivity index is 1.65. The van der Waals surface area contributed by atoms with Crippen LogP contribution in [0.4, 0.5) is 5.69 Å². The lowest BCUT2D eigenvalue weighted by molar-refractivity contribution is -0.143. The van der Waals surface area contributed by atoms with Crippen LogP contribution in [0.3, 0.4) is 0 Å². The Hall–Kier alpha value is -2.43. The molecule has 4 aliphatic carbocycles. The molecule has 0 N–H and O–H groups in total. The summed E-state index contributed by atoms with van der Waals surface area (Å²) < 4.78 is 5.19. The van der Waals surface area contributed by atoms with Gasteiger partial charge in [-0.05, 0) is 43.4 Å². The van der Waals surface area contributed by atoms with Crippen molar-refractivity contribution in [1.82, 2.24) is 0 Å². The van der Waals surface area contributed by atoms with Crippen molar-refractivity contribution in [3.8, 4) is 11.1 Å². The first-order valence-corrected chi connectivity index (χ1v) is 8.44. The molecule has 4 fully saturated rings. The smallest absolute Gasteiger partial charge is 0.238 e. The van der Waals surface area contributed by atoms with E-state index in [-0.39, 0.29) is 35.4 Å². The number of fused-ring (bicyclic) bond motifs is 3. The van der Waals surface area contributed by atoms with E-state index in [1.165, 1.54) is 4.90 Å². The second kappa shape index (κ2) is 4.56.